The largest absolute Gasteiger partial charge is 0.328 e. The molecule has 4 heteroatoms. The molecule has 2 rings (SSSR count). The number of nitrogens with two attached hydrogens (primary N) is 1. The van der Waals surface area contributed by atoms with Gasteiger partial charge in [-0.05, 0) is 12.8 Å². The Hall–Kier alpha value is -0.402. The summed E-state index contributed by atoms with van der Waals surface area (Å²) in [6.45, 7) is 3.65. The molecule has 1 aliphatic rings. The van der Waals surface area contributed by atoms with E-state index in [0.29, 0.717) is 6.04 Å². The average Bonchev–Trinajstić information content (AvgIpc) is 2.45. The maximum atomic E-state index is 5.38. The predicted molar refractivity (Wildman–Crippen MR) is 54.9 cm³/mol. The second-order valence-electron chi connectivity index (χ2n) is 3.43. The van der Waals surface area contributed by atoms with E-state index in [1.807, 2.05) is 28.6 Å². The summed E-state index contributed by atoms with van der Waals surface area (Å²) in [4.78, 5) is 0. The fourth-order valence-electron chi connectivity index (χ4n) is 1.04. The zero-order valence-corrected chi connectivity index (χ0v) is 10.7. The van der Waals surface area contributed by atoms with Gasteiger partial charge in [0.25, 0.3) is 0 Å². The van der Waals surface area contributed by atoms with Crippen LogP contribution in [-0.4, -0.2) is 15.2 Å². The van der Waals surface area contributed by atoms with E-state index in [-0.39, 0.29) is 0 Å². The van der Waals surface area contributed by atoms with Gasteiger partial charge in [-0.15, -0.1) is 0 Å². The van der Waals surface area contributed by atoms with Crippen LogP contribution < -0.4 is 5.73 Å². The molecule has 1 saturated carbocycles. The van der Waals surface area contributed by atoms with Crippen molar-refractivity contribution in [1.29, 1.82) is 0 Å². The minimum atomic E-state index is 0.565. The minimum Gasteiger partial charge on any atom is -0.328 e. The van der Waals surface area contributed by atoms with Gasteiger partial charge in [-0.2, -0.15) is 0 Å². The van der Waals surface area contributed by atoms with Crippen molar-refractivity contribution in [2.24, 2.45) is 12.8 Å². The van der Waals surface area contributed by atoms with E-state index >= 15 is 0 Å². The first kappa shape index (κ1) is 11.7. The van der Waals surface area contributed by atoms with Crippen molar-refractivity contribution in [3.8, 4) is 0 Å². The number of hydrogen-bond acceptors (Lipinski definition) is 1. The number of aryl methyl sites for hydroxylation is 1. The summed E-state index contributed by atoms with van der Waals surface area (Å²) in [6, 6.07) is 0.565. The maximum absolute atomic E-state index is 5.38. The van der Waals surface area contributed by atoms with Gasteiger partial charge in [0.1, 0.15) is 0 Å². The Balaban J connectivity index is 0.000000165. The fourth-order valence-corrected chi connectivity index (χ4v) is 1.58. The topological polar surface area (TPSA) is 35.9 Å². The van der Waals surface area contributed by atoms with E-state index < -0.39 is 0 Å². The molecule has 3 nitrogen and oxygen atoms in total. The van der Waals surface area contributed by atoms with Crippen molar-refractivity contribution in [3.63, 3.8) is 0 Å². The van der Waals surface area contributed by atoms with Gasteiger partial charge < -0.3 is 5.73 Å². The molecule has 82 valence electrons. The van der Waals surface area contributed by atoms with Crippen LogP contribution in [0.1, 0.15) is 19.3 Å². The van der Waals surface area contributed by atoms with Crippen molar-refractivity contribution in [2.75, 3.05) is 0 Å². The van der Waals surface area contributed by atoms with Crippen LogP contribution in [0.3, 0.4) is 0 Å². The molecule has 0 aromatic carbocycles. The van der Waals surface area contributed by atoms with Crippen molar-refractivity contribution < 1.29 is 19.4 Å². The van der Waals surface area contributed by atoms with Crippen LogP contribution in [0.4, 0.5) is 0 Å². The Morgan fingerprint density at radius 2 is 2.14 bits per heavy atom. The van der Waals surface area contributed by atoms with Crippen LogP contribution in [0.2, 0.25) is 0 Å². The maximum Gasteiger partial charge on any atom is 0.00388 e. The molecule has 0 bridgehead atoms. The second kappa shape index (κ2) is 5.47. The molecule has 1 aliphatic carbocycles. The van der Waals surface area contributed by atoms with E-state index in [2.05, 4.69) is 25.9 Å². The summed E-state index contributed by atoms with van der Waals surface area (Å²) < 4.78 is 5.15. The molecule has 2 N–H and O–H groups in total. The van der Waals surface area contributed by atoms with Crippen LogP contribution in [0.5, 0.6) is 0 Å². The van der Waals surface area contributed by atoms with Gasteiger partial charge in [-0.25, -0.2) is 0 Å². The number of aromatic nitrogens is 2. The zero-order valence-electron chi connectivity index (χ0n) is 8.43. The van der Waals surface area contributed by atoms with Gasteiger partial charge in [0.05, 0.1) is 0 Å². The van der Waals surface area contributed by atoms with Crippen LogP contribution in [0.15, 0.2) is 19.0 Å². The normalized spacial score (nSPS) is 15.4. The quantitative estimate of drug-likeness (QED) is 0.795. The molecule has 1 fully saturated rings. The Bertz CT molecular complexity index is 346. The molecule has 0 atom stereocenters. The zero-order chi connectivity index (χ0) is 10.6. The third-order valence-corrected chi connectivity index (χ3v) is 3.65. The molecular weight excluding hydrogens is 357 g/mol. The van der Waals surface area contributed by atoms with E-state index in [0.717, 1.165) is 3.80 Å². The first-order valence-corrected chi connectivity index (χ1v) is 5.85. The van der Waals surface area contributed by atoms with E-state index in [1.165, 1.54) is 19.3 Å². The van der Waals surface area contributed by atoms with Crippen LogP contribution in [0.25, 0.3) is 6.20 Å². The number of rotatable bonds is 1. The monoisotopic (exact) mass is 374 g/mol. The van der Waals surface area contributed by atoms with Gasteiger partial charge >= 0.3 is 64.5 Å². The summed E-state index contributed by atoms with van der Waals surface area (Å²) in [5.74, 6) is 0. The van der Waals surface area contributed by atoms with E-state index in [1.54, 1.807) is 6.20 Å². The van der Waals surface area contributed by atoms with E-state index in [9.17, 15) is 0 Å². The van der Waals surface area contributed by atoms with Gasteiger partial charge in [-0.3, -0.25) is 0 Å². The number of hydrogen-bond donors (Lipinski definition) is 1. The van der Waals surface area contributed by atoms with Crippen LogP contribution in [0, 0.1) is 3.80 Å². The molecule has 0 radical (unpaired) electrons. The molecule has 1 aromatic rings. The predicted octanol–water partition coefficient (Wildman–Crippen LogP) is 1.50. The SMILES string of the molecule is C=Cn1ccn(C)[c]1=[Pt].NC1CCC1. The molecular formula is C10H17N3Pt. The van der Waals surface area contributed by atoms with Gasteiger partial charge in [0, 0.05) is 6.04 Å². The number of nitrogens with zero attached hydrogens (tertiary/aromatic N) is 2. The van der Waals surface area contributed by atoms with Crippen molar-refractivity contribution in [3.05, 3.63) is 22.8 Å². The molecule has 0 amide bonds. The summed E-state index contributed by atoms with van der Waals surface area (Å²) in [5, 5.41) is 0. The number of imidazole rings is 1. The van der Waals surface area contributed by atoms with Crippen molar-refractivity contribution in [2.45, 2.75) is 25.3 Å². The van der Waals surface area contributed by atoms with E-state index in [4.69, 9.17) is 5.73 Å². The third kappa shape index (κ3) is 3.07. The first-order valence-electron chi connectivity index (χ1n) is 4.72. The Kier molecular flexibility index (Phi) is 4.56. The van der Waals surface area contributed by atoms with Crippen molar-refractivity contribution >= 4 is 6.20 Å². The molecule has 1 aromatic heterocycles. The fraction of sp³-hybridized carbons (Fsp3) is 0.500. The molecule has 0 unspecified atom stereocenters. The molecule has 0 saturated heterocycles. The van der Waals surface area contributed by atoms with Crippen molar-refractivity contribution in [1.82, 2.24) is 9.13 Å². The third-order valence-electron chi connectivity index (χ3n) is 2.26. The van der Waals surface area contributed by atoms with Gasteiger partial charge in [0.2, 0.25) is 0 Å². The summed E-state index contributed by atoms with van der Waals surface area (Å²) >= 11 is 2.24. The van der Waals surface area contributed by atoms with Crippen LogP contribution in [-0.2, 0) is 26.4 Å². The Labute approximate surface area is 95.6 Å². The summed E-state index contributed by atoms with van der Waals surface area (Å²) in [6.07, 6.45) is 9.63. The summed E-state index contributed by atoms with van der Waals surface area (Å²) in [5.41, 5.74) is 5.38. The molecule has 14 heavy (non-hydrogen) atoms. The standard InChI is InChI=1S/C6H8N2.C4H9N.Pt/c1-3-8-5-4-7(2)6-8;5-4-2-1-3-4;/h3-5H,1H2,2H3;4H,1-3,5H2;. The smallest absolute Gasteiger partial charge is 0.00388 e. The first-order chi connectivity index (χ1) is 6.65. The molecule has 1 heterocycles. The Morgan fingerprint density at radius 3 is 2.29 bits per heavy atom. The molecule has 0 aliphatic heterocycles. The Morgan fingerprint density at radius 1 is 1.57 bits per heavy atom. The molecule has 0 spiro atoms. The van der Waals surface area contributed by atoms with Crippen LogP contribution >= 0.6 is 0 Å². The van der Waals surface area contributed by atoms with Gasteiger partial charge in [0.15, 0.2) is 0 Å². The minimum absolute atomic E-state index is 0.565. The average molecular weight is 374 g/mol. The summed E-state index contributed by atoms with van der Waals surface area (Å²) in [7, 11) is 2.00. The second-order valence-corrected chi connectivity index (χ2v) is 4.45. The van der Waals surface area contributed by atoms with Gasteiger partial charge in [-0.1, -0.05) is 6.42 Å².